The summed E-state index contributed by atoms with van der Waals surface area (Å²) in [6, 6.07) is 20.2. The van der Waals surface area contributed by atoms with E-state index < -0.39 is 47.0 Å². The standard InChI is InChI=1S/C33H30O10/c1-19(41-20(2)34)18-27(38)43-33-29(23-11-15-25(36)16-12-23)30(39)32(28(31(33)40)22-9-13-24(35)14-10-22)42-26(37)17-8-21-6-4-3-5-7-21/h3-7,9-16,19,35-36,39-40H,8,17-18H2,1-2H3. The molecule has 0 spiro atoms. The third-order valence-corrected chi connectivity index (χ3v) is 6.38. The molecule has 222 valence electrons. The summed E-state index contributed by atoms with van der Waals surface area (Å²) in [6.07, 6.45) is -0.931. The van der Waals surface area contributed by atoms with Crippen molar-refractivity contribution in [1.29, 1.82) is 0 Å². The number of aromatic hydroxyl groups is 4. The maximum atomic E-state index is 13.0. The van der Waals surface area contributed by atoms with Crippen LogP contribution < -0.4 is 9.47 Å². The Bertz CT molecular complexity index is 1610. The van der Waals surface area contributed by atoms with Gasteiger partial charge in [-0.05, 0) is 54.3 Å². The molecule has 0 radical (unpaired) electrons. The average molecular weight is 587 g/mol. The van der Waals surface area contributed by atoms with Crippen molar-refractivity contribution >= 4 is 17.9 Å². The van der Waals surface area contributed by atoms with Gasteiger partial charge in [0.25, 0.3) is 0 Å². The van der Waals surface area contributed by atoms with E-state index in [-0.39, 0.29) is 46.6 Å². The van der Waals surface area contributed by atoms with Crippen LogP contribution in [0, 0.1) is 0 Å². The first-order valence-electron chi connectivity index (χ1n) is 13.4. The molecule has 0 amide bonds. The van der Waals surface area contributed by atoms with Crippen LogP contribution in [-0.4, -0.2) is 44.4 Å². The molecule has 0 heterocycles. The maximum absolute atomic E-state index is 13.0. The molecule has 4 N–H and O–H groups in total. The van der Waals surface area contributed by atoms with Crippen molar-refractivity contribution in [2.45, 2.75) is 39.2 Å². The zero-order valence-electron chi connectivity index (χ0n) is 23.4. The van der Waals surface area contributed by atoms with E-state index in [1.54, 1.807) is 0 Å². The molecule has 4 rings (SSSR count). The summed E-state index contributed by atoms with van der Waals surface area (Å²) in [6.45, 7) is 2.68. The SMILES string of the molecule is CC(=O)OC(C)CC(=O)Oc1c(O)c(-c2ccc(O)cc2)c(OC(=O)CCc2ccccc2)c(O)c1-c1ccc(O)cc1. The van der Waals surface area contributed by atoms with Gasteiger partial charge < -0.3 is 34.6 Å². The minimum atomic E-state index is -0.896. The van der Waals surface area contributed by atoms with Crippen LogP contribution in [-0.2, 0) is 25.5 Å². The third-order valence-electron chi connectivity index (χ3n) is 6.38. The van der Waals surface area contributed by atoms with Crippen LogP contribution in [0.2, 0.25) is 0 Å². The second-order valence-electron chi connectivity index (χ2n) is 9.76. The van der Waals surface area contributed by atoms with E-state index in [9.17, 15) is 34.8 Å². The Hall–Kier alpha value is -5.51. The highest BCUT2D eigenvalue weighted by Gasteiger charge is 2.31. The van der Waals surface area contributed by atoms with E-state index in [1.807, 2.05) is 30.3 Å². The fourth-order valence-electron chi connectivity index (χ4n) is 4.44. The minimum absolute atomic E-state index is 0.0570. The zero-order valence-corrected chi connectivity index (χ0v) is 23.4. The fourth-order valence-corrected chi connectivity index (χ4v) is 4.44. The summed E-state index contributed by atoms with van der Waals surface area (Å²) in [5.41, 5.74) is 0.947. The molecular formula is C33H30O10. The first-order chi connectivity index (χ1) is 20.5. The van der Waals surface area contributed by atoms with E-state index in [0.717, 1.165) is 5.56 Å². The summed E-state index contributed by atoms with van der Waals surface area (Å²) in [4.78, 5) is 37.3. The lowest BCUT2D eigenvalue weighted by molar-refractivity contribution is -0.149. The molecule has 0 saturated heterocycles. The van der Waals surface area contributed by atoms with Crippen LogP contribution in [0.4, 0.5) is 0 Å². The number of hydrogen-bond donors (Lipinski definition) is 4. The molecule has 1 unspecified atom stereocenters. The van der Waals surface area contributed by atoms with Crippen LogP contribution in [0.5, 0.6) is 34.5 Å². The van der Waals surface area contributed by atoms with Gasteiger partial charge >= 0.3 is 17.9 Å². The van der Waals surface area contributed by atoms with Gasteiger partial charge in [-0.1, -0.05) is 54.6 Å². The van der Waals surface area contributed by atoms with Crippen LogP contribution >= 0.6 is 0 Å². The van der Waals surface area contributed by atoms with Crippen molar-refractivity contribution in [2.24, 2.45) is 0 Å². The number of aryl methyl sites for hydroxylation is 1. The molecule has 0 saturated carbocycles. The van der Waals surface area contributed by atoms with Crippen molar-refractivity contribution in [2.75, 3.05) is 0 Å². The second-order valence-corrected chi connectivity index (χ2v) is 9.76. The van der Waals surface area contributed by atoms with Gasteiger partial charge in [0.2, 0.25) is 0 Å². The van der Waals surface area contributed by atoms with Crippen molar-refractivity contribution in [3.8, 4) is 56.8 Å². The van der Waals surface area contributed by atoms with Gasteiger partial charge in [0.1, 0.15) is 17.6 Å². The minimum Gasteiger partial charge on any atom is -0.508 e. The van der Waals surface area contributed by atoms with E-state index >= 15 is 0 Å². The Morgan fingerprint density at radius 2 is 1.14 bits per heavy atom. The Morgan fingerprint density at radius 1 is 0.674 bits per heavy atom. The molecule has 10 heteroatoms. The van der Waals surface area contributed by atoms with Crippen molar-refractivity contribution in [1.82, 2.24) is 0 Å². The first kappa shape index (κ1) is 30.4. The Kier molecular flexibility index (Phi) is 9.51. The lowest BCUT2D eigenvalue weighted by Crippen LogP contribution is -2.20. The van der Waals surface area contributed by atoms with Crippen LogP contribution in [0.3, 0.4) is 0 Å². The molecule has 1 atom stereocenters. The molecule has 0 aliphatic heterocycles. The maximum Gasteiger partial charge on any atom is 0.315 e. The summed E-state index contributed by atoms with van der Waals surface area (Å²) in [5.74, 6) is -4.52. The van der Waals surface area contributed by atoms with Crippen LogP contribution in [0.15, 0.2) is 78.9 Å². The largest absolute Gasteiger partial charge is 0.508 e. The number of benzene rings is 4. The molecule has 0 aliphatic rings. The van der Waals surface area contributed by atoms with Gasteiger partial charge in [0.05, 0.1) is 17.5 Å². The molecule has 0 bridgehead atoms. The van der Waals surface area contributed by atoms with E-state index in [4.69, 9.17) is 14.2 Å². The number of phenolic OH excluding ortho intramolecular Hbond substituents is 4. The monoisotopic (exact) mass is 586 g/mol. The number of phenols is 4. The second kappa shape index (κ2) is 13.4. The fraction of sp³-hybridized carbons (Fsp3) is 0.182. The van der Waals surface area contributed by atoms with Gasteiger partial charge in [0, 0.05) is 13.3 Å². The van der Waals surface area contributed by atoms with Gasteiger partial charge in [-0.15, -0.1) is 0 Å². The predicted octanol–water partition coefficient (Wildman–Crippen LogP) is 5.63. The Labute approximate surface area is 247 Å². The summed E-state index contributed by atoms with van der Waals surface area (Å²) >= 11 is 0. The number of carbonyl (C=O) groups is 3. The predicted molar refractivity (Wildman–Crippen MR) is 156 cm³/mol. The third kappa shape index (κ3) is 7.62. The summed E-state index contributed by atoms with van der Waals surface area (Å²) in [5, 5.41) is 42.8. The number of hydrogen-bond acceptors (Lipinski definition) is 10. The normalized spacial score (nSPS) is 11.4. The van der Waals surface area contributed by atoms with Crippen LogP contribution in [0.25, 0.3) is 22.3 Å². The number of rotatable bonds is 10. The van der Waals surface area contributed by atoms with E-state index in [0.29, 0.717) is 6.42 Å². The number of esters is 3. The van der Waals surface area contributed by atoms with Gasteiger partial charge in [-0.25, -0.2) is 0 Å². The highest BCUT2D eigenvalue weighted by atomic mass is 16.6. The number of ether oxygens (including phenoxy) is 3. The summed E-state index contributed by atoms with van der Waals surface area (Å²) < 4.78 is 16.2. The van der Waals surface area contributed by atoms with Gasteiger partial charge in [-0.3, -0.25) is 14.4 Å². The molecular weight excluding hydrogens is 556 g/mol. The Morgan fingerprint density at radius 3 is 1.60 bits per heavy atom. The lowest BCUT2D eigenvalue weighted by Gasteiger charge is -2.21. The van der Waals surface area contributed by atoms with E-state index in [2.05, 4.69) is 0 Å². The molecule has 4 aromatic rings. The molecule has 4 aromatic carbocycles. The Balaban J connectivity index is 1.84. The zero-order chi connectivity index (χ0) is 31.1. The van der Waals surface area contributed by atoms with Crippen molar-refractivity contribution in [3.63, 3.8) is 0 Å². The smallest absolute Gasteiger partial charge is 0.315 e. The topological polar surface area (TPSA) is 160 Å². The first-order valence-corrected chi connectivity index (χ1v) is 13.4. The highest BCUT2D eigenvalue weighted by Crippen LogP contribution is 2.56. The highest BCUT2D eigenvalue weighted by molar-refractivity contribution is 5.95. The molecule has 0 aliphatic carbocycles. The molecule has 0 fully saturated rings. The molecule has 43 heavy (non-hydrogen) atoms. The van der Waals surface area contributed by atoms with Crippen LogP contribution in [0.1, 0.15) is 32.3 Å². The average Bonchev–Trinajstić information content (AvgIpc) is 2.96. The lowest BCUT2D eigenvalue weighted by atomic mass is 9.95. The number of carbonyl (C=O) groups excluding carboxylic acids is 3. The molecule has 0 aromatic heterocycles. The van der Waals surface area contributed by atoms with Crippen molar-refractivity contribution < 1.29 is 49.0 Å². The van der Waals surface area contributed by atoms with E-state index in [1.165, 1.54) is 62.4 Å². The quantitative estimate of drug-likeness (QED) is 0.104. The van der Waals surface area contributed by atoms with Gasteiger partial charge in [-0.2, -0.15) is 0 Å². The summed E-state index contributed by atoms with van der Waals surface area (Å²) in [7, 11) is 0. The van der Waals surface area contributed by atoms with Gasteiger partial charge in [0.15, 0.2) is 23.0 Å². The molecule has 10 nitrogen and oxygen atoms in total. The van der Waals surface area contributed by atoms with Crippen molar-refractivity contribution in [3.05, 3.63) is 84.4 Å².